The summed E-state index contributed by atoms with van der Waals surface area (Å²) in [6.45, 7) is 0. The van der Waals surface area contributed by atoms with Crippen LogP contribution in [0.15, 0.2) is 48.4 Å². The molecule has 0 spiro atoms. The van der Waals surface area contributed by atoms with Gasteiger partial charge in [-0.2, -0.15) is 18.3 Å². The highest BCUT2D eigenvalue weighted by Gasteiger charge is 2.39. The van der Waals surface area contributed by atoms with E-state index in [2.05, 4.69) is 9.84 Å². The van der Waals surface area contributed by atoms with Crippen LogP contribution in [-0.2, 0) is 14.3 Å². The molecule has 9 heteroatoms. The number of halogens is 3. The summed E-state index contributed by atoms with van der Waals surface area (Å²) in [6, 6.07) is 8.93. The normalized spacial score (nSPS) is 11.9. The zero-order valence-electron chi connectivity index (χ0n) is 12.4. The van der Waals surface area contributed by atoms with Crippen LogP contribution in [0.3, 0.4) is 0 Å². The molecule has 6 nitrogen and oxygen atoms in total. The molecule has 24 heavy (non-hydrogen) atoms. The number of rotatable bonds is 4. The smallest absolute Gasteiger partial charge is 0.464 e. The molecule has 1 aromatic carbocycles. The first-order valence-corrected chi connectivity index (χ1v) is 6.59. The van der Waals surface area contributed by atoms with E-state index in [1.807, 2.05) is 6.07 Å². The summed E-state index contributed by atoms with van der Waals surface area (Å²) in [7, 11) is 0.989. The number of aromatic nitrogens is 2. The number of methoxy groups -OCH3 is 1. The number of carbonyl (C=O) groups excluding carboxylic acids is 2. The summed E-state index contributed by atoms with van der Waals surface area (Å²) in [6.07, 6.45) is -1.27. The lowest BCUT2D eigenvalue weighted by Crippen LogP contribution is -2.38. The second kappa shape index (κ2) is 6.99. The number of para-hydroxylation sites is 1. The van der Waals surface area contributed by atoms with E-state index in [4.69, 9.17) is 0 Å². The van der Waals surface area contributed by atoms with Crippen molar-refractivity contribution in [3.63, 3.8) is 0 Å². The number of carbonyl (C=O) groups is 2. The highest BCUT2D eigenvalue weighted by atomic mass is 19.4. The molecule has 0 aliphatic rings. The van der Waals surface area contributed by atoms with E-state index in [0.717, 1.165) is 18.9 Å². The minimum atomic E-state index is -5.12. The van der Waals surface area contributed by atoms with Gasteiger partial charge in [0.1, 0.15) is 5.70 Å². The Balaban J connectivity index is 2.28. The quantitative estimate of drug-likeness (QED) is 0.684. The third-order valence-electron chi connectivity index (χ3n) is 2.85. The Bertz CT molecular complexity index is 767. The maximum absolute atomic E-state index is 12.3. The fourth-order valence-electron chi connectivity index (χ4n) is 1.75. The molecule has 1 amide bonds. The zero-order valence-corrected chi connectivity index (χ0v) is 12.4. The molecule has 1 N–H and O–H groups in total. The van der Waals surface area contributed by atoms with E-state index >= 15 is 0 Å². The number of hydrogen-bond acceptors (Lipinski definition) is 4. The second-order valence-electron chi connectivity index (χ2n) is 4.56. The van der Waals surface area contributed by atoms with E-state index < -0.39 is 23.7 Å². The van der Waals surface area contributed by atoms with Crippen molar-refractivity contribution < 1.29 is 27.5 Å². The van der Waals surface area contributed by atoms with Crippen molar-refractivity contribution in [1.82, 2.24) is 15.1 Å². The van der Waals surface area contributed by atoms with Crippen molar-refractivity contribution in [2.75, 3.05) is 7.11 Å². The van der Waals surface area contributed by atoms with Crippen LogP contribution in [0.5, 0.6) is 0 Å². The summed E-state index contributed by atoms with van der Waals surface area (Å²) < 4.78 is 42.8. The van der Waals surface area contributed by atoms with Crippen LogP contribution in [0.4, 0.5) is 13.2 Å². The third kappa shape index (κ3) is 4.22. The van der Waals surface area contributed by atoms with Crippen LogP contribution in [-0.4, -0.2) is 34.9 Å². The van der Waals surface area contributed by atoms with Crippen molar-refractivity contribution in [1.29, 1.82) is 0 Å². The molecule has 0 radical (unpaired) electrons. The van der Waals surface area contributed by atoms with Gasteiger partial charge in [-0.3, -0.25) is 4.79 Å². The van der Waals surface area contributed by atoms with Crippen molar-refractivity contribution in [2.24, 2.45) is 0 Å². The first kappa shape index (κ1) is 17.3. The van der Waals surface area contributed by atoms with Crippen LogP contribution in [0.2, 0.25) is 0 Å². The minimum Gasteiger partial charge on any atom is -0.464 e. The number of alkyl halides is 3. The van der Waals surface area contributed by atoms with Crippen LogP contribution < -0.4 is 5.32 Å². The van der Waals surface area contributed by atoms with Crippen molar-refractivity contribution in [3.8, 4) is 5.69 Å². The number of amides is 1. The van der Waals surface area contributed by atoms with Gasteiger partial charge in [-0.25, -0.2) is 9.48 Å². The molecule has 1 aromatic heterocycles. The minimum absolute atomic E-state index is 0.307. The van der Waals surface area contributed by atoms with Gasteiger partial charge in [0, 0.05) is 11.8 Å². The molecular formula is C15H12F3N3O3. The standard InChI is InChI=1S/C15H12F3N3O3/c1-24-13(22)12(20-14(23)15(16,17)18)7-10-8-19-21(9-10)11-5-3-2-4-6-11/h2-9H,1H3,(H,20,23)/b12-7-. The van der Waals surface area contributed by atoms with Gasteiger partial charge in [-0.05, 0) is 18.2 Å². The molecule has 0 unspecified atom stereocenters. The van der Waals surface area contributed by atoms with E-state index in [0.29, 0.717) is 5.56 Å². The maximum atomic E-state index is 12.3. The van der Waals surface area contributed by atoms with Crippen molar-refractivity contribution in [2.45, 2.75) is 6.18 Å². The summed E-state index contributed by atoms with van der Waals surface area (Å²) in [5, 5.41) is 5.53. The molecule has 0 aliphatic carbocycles. The Morgan fingerprint density at radius 2 is 1.92 bits per heavy atom. The Morgan fingerprint density at radius 1 is 1.25 bits per heavy atom. The Morgan fingerprint density at radius 3 is 2.50 bits per heavy atom. The molecule has 0 bridgehead atoms. The number of nitrogens with zero attached hydrogens (tertiary/aromatic N) is 2. The Kier molecular flexibility index (Phi) is 5.02. The SMILES string of the molecule is COC(=O)/C(=C/c1cnn(-c2ccccc2)c1)NC(=O)C(F)(F)F. The van der Waals surface area contributed by atoms with E-state index in [1.165, 1.54) is 22.4 Å². The van der Waals surface area contributed by atoms with Crippen LogP contribution in [0, 0.1) is 0 Å². The second-order valence-corrected chi connectivity index (χ2v) is 4.56. The number of nitrogens with one attached hydrogen (secondary N) is 1. The van der Waals surface area contributed by atoms with Gasteiger partial charge in [0.2, 0.25) is 0 Å². The van der Waals surface area contributed by atoms with E-state index in [-0.39, 0.29) is 0 Å². The van der Waals surface area contributed by atoms with Crippen molar-refractivity contribution >= 4 is 18.0 Å². The Labute approximate surface area is 134 Å². The first-order chi connectivity index (χ1) is 11.3. The summed E-state index contributed by atoms with van der Waals surface area (Å²) in [4.78, 5) is 22.6. The van der Waals surface area contributed by atoms with Crippen molar-refractivity contribution in [3.05, 3.63) is 54.0 Å². The first-order valence-electron chi connectivity index (χ1n) is 6.59. The lowest BCUT2D eigenvalue weighted by atomic mass is 10.2. The zero-order chi connectivity index (χ0) is 17.7. The lowest BCUT2D eigenvalue weighted by molar-refractivity contribution is -0.173. The number of hydrogen-bond donors (Lipinski definition) is 1. The fourth-order valence-corrected chi connectivity index (χ4v) is 1.75. The number of esters is 1. The molecular weight excluding hydrogens is 327 g/mol. The third-order valence-corrected chi connectivity index (χ3v) is 2.85. The van der Waals surface area contributed by atoms with Gasteiger partial charge in [-0.15, -0.1) is 0 Å². The molecule has 0 saturated carbocycles. The van der Waals surface area contributed by atoms with E-state index in [1.54, 1.807) is 24.3 Å². The summed E-state index contributed by atoms with van der Waals surface area (Å²) >= 11 is 0. The number of ether oxygens (including phenoxy) is 1. The number of benzene rings is 1. The van der Waals surface area contributed by atoms with Gasteiger partial charge in [-0.1, -0.05) is 18.2 Å². The van der Waals surface area contributed by atoms with E-state index in [9.17, 15) is 22.8 Å². The summed E-state index contributed by atoms with van der Waals surface area (Å²) in [5.74, 6) is -3.38. The molecule has 126 valence electrons. The van der Waals surface area contributed by atoms with Gasteiger partial charge < -0.3 is 10.1 Å². The highest BCUT2D eigenvalue weighted by Crippen LogP contribution is 2.16. The summed E-state index contributed by atoms with van der Waals surface area (Å²) in [5.41, 5.74) is 0.380. The van der Waals surface area contributed by atoms with Gasteiger partial charge >= 0.3 is 18.1 Å². The predicted octanol–water partition coefficient (Wildman–Crippen LogP) is 2.06. The molecule has 2 aromatic rings. The van der Waals surface area contributed by atoms with Crippen LogP contribution >= 0.6 is 0 Å². The predicted molar refractivity (Wildman–Crippen MR) is 77.8 cm³/mol. The molecule has 0 aliphatic heterocycles. The van der Waals surface area contributed by atoms with Gasteiger partial charge in [0.15, 0.2) is 0 Å². The topological polar surface area (TPSA) is 73.2 Å². The molecule has 2 rings (SSSR count). The lowest BCUT2D eigenvalue weighted by Gasteiger charge is -2.09. The highest BCUT2D eigenvalue weighted by molar-refractivity contribution is 5.99. The monoisotopic (exact) mass is 339 g/mol. The average molecular weight is 339 g/mol. The van der Waals surface area contributed by atoms with Gasteiger partial charge in [0.25, 0.3) is 0 Å². The van der Waals surface area contributed by atoms with Crippen LogP contribution in [0.1, 0.15) is 5.56 Å². The maximum Gasteiger partial charge on any atom is 0.471 e. The Hall–Kier alpha value is -3.10. The molecule has 0 atom stereocenters. The molecule has 1 heterocycles. The molecule has 0 fully saturated rings. The largest absolute Gasteiger partial charge is 0.471 e. The fraction of sp³-hybridized carbons (Fsp3) is 0.133. The van der Waals surface area contributed by atoms with Crippen LogP contribution in [0.25, 0.3) is 11.8 Å². The van der Waals surface area contributed by atoms with Gasteiger partial charge in [0.05, 0.1) is 19.0 Å². The molecule has 0 saturated heterocycles. The average Bonchev–Trinajstić information content (AvgIpc) is 3.02.